The Labute approximate surface area is 126 Å². The number of carbonyl (C=O) groups excluding carboxylic acids is 1. The molecule has 8 heteroatoms. The van der Waals surface area contributed by atoms with Gasteiger partial charge < -0.3 is 24.7 Å². The van der Waals surface area contributed by atoms with Crippen LogP contribution in [0, 0.1) is 10.8 Å². The second kappa shape index (κ2) is 8.68. The lowest BCUT2D eigenvalue weighted by Crippen LogP contribution is -2.37. The first kappa shape index (κ1) is 17.5. The summed E-state index contributed by atoms with van der Waals surface area (Å²) in [5.41, 5.74) is 5.83. The number of nitrogens with zero attached hydrogens (tertiary/aromatic N) is 1. The fraction of sp³-hybridized carbons (Fsp3) is 0.462. The molecule has 0 atom stereocenters. The molecule has 2 N–H and O–H groups in total. The summed E-state index contributed by atoms with van der Waals surface area (Å²) in [5, 5.41) is 0. The Morgan fingerprint density at radius 2 is 2.00 bits per heavy atom. The summed E-state index contributed by atoms with van der Waals surface area (Å²) in [6, 6.07) is 4.09. The van der Waals surface area contributed by atoms with E-state index in [0.717, 1.165) is 13.1 Å². The summed E-state index contributed by atoms with van der Waals surface area (Å²) in [6.45, 7) is 6.56. The van der Waals surface area contributed by atoms with E-state index in [0.29, 0.717) is 6.54 Å². The Balaban J connectivity index is 2.69. The van der Waals surface area contributed by atoms with Gasteiger partial charge in [0.05, 0.1) is 0 Å². The molecule has 0 aliphatic carbocycles. The zero-order chi connectivity index (χ0) is 15.8. The van der Waals surface area contributed by atoms with Crippen LogP contribution in [0.2, 0.25) is 0 Å². The number of hydrogen-bond donors (Lipinski definition) is 1. The maximum atomic E-state index is 11.9. The van der Waals surface area contributed by atoms with E-state index in [2.05, 4.69) is 9.19 Å². The van der Waals surface area contributed by atoms with Gasteiger partial charge in [-0.25, -0.2) is 4.79 Å². The zero-order valence-electron chi connectivity index (χ0n) is 12.0. The van der Waals surface area contributed by atoms with Gasteiger partial charge in [-0.2, -0.15) is 0 Å². The van der Waals surface area contributed by atoms with Crippen LogP contribution in [-0.4, -0.2) is 37.1 Å². The van der Waals surface area contributed by atoms with Crippen molar-refractivity contribution in [3.8, 4) is 5.75 Å². The molecule has 118 valence electrons. The smallest absolute Gasteiger partial charge is 0.349 e. The van der Waals surface area contributed by atoms with Gasteiger partial charge in [-0.3, -0.25) is 0 Å². The Morgan fingerprint density at radius 1 is 1.33 bits per heavy atom. The number of carbonyl (C=O) groups is 1. The molecular formula is C13H19ClN2O5. The fourth-order valence-corrected chi connectivity index (χ4v) is 1.99. The van der Waals surface area contributed by atoms with Gasteiger partial charge in [0.2, 0.25) is 0 Å². The average Bonchev–Trinajstić information content (AvgIpc) is 2.43. The van der Waals surface area contributed by atoms with Crippen LogP contribution >= 0.6 is 0 Å². The summed E-state index contributed by atoms with van der Waals surface area (Å²) in [7, 11) is -2.45. The van der Waals surface area contributed by atoms with Crippen molar-refractivity contribution in [3.63, 3.8) is 0 Å². The highest BCUT2D eigenvalue weighted by Crippen LogP contribution is 2.23. The van der Waals surface area contributed by atoms with Crippen molar-refractivity contribution in [2.24, 2.45) is 0 Å². The number of benzene rings is 1. The predicted molar refractivity (Wildman–Crippen MR) is 69.6 cm³/mol. The van der Waals surface area contributed by atoms with Crippen molar-refractivity contribution in [3.05, 3.63) is 23.8 Å². The van der Waals surface area contributed by atoms with Gasteiger partial charge in [0.25, 0.3) is 5.75 Å². The van der Waals surface area contributed by atoms with Crippen molar-refractivity contribution < 1.29 is 33.9 Å². The van der Waals surface area contributed by atoms with Gasteiger partial charge in [0.1, 0.15) is 12.2 Å². The number of halogens is 1. The van der Waals surface area contributed by atoms with Gasteiger partial charge in [-0.05, 0) is 25.2 Å². The SMILES string of the molecule is CCN(CC)CCOC(=O)c1ccc(N)cc1O[Cl+2]([O-])[O-]. The minimum atomic E-state index is -2.45. The fourth-order valence-electron chi connectivity index (χ4n) is 1.72. The van der Waals surface area contributed by atoms with Crippen molar-refractivity contribution in [2.75, 3.05) is 32.0 Å². The first-order valence-corrected chi connectivity index (χ1v) is 7.43. The molecule has 1 aromatic rings. The molecule has 0 spiro atoms. The molecule has 7 nitrogen and oxygen atoms in total. The van der Waals surface area contributed by atoms with E-state index in [-0.39, 0.29) is 23.6 Å². The minimum absolute atomic E-state index is 0.0120. The van der Waals surface area contributed by atoms with Crippen LogP contribution in [0.5, 0.6) is 5.75 Å². The predicted octanol–water partition coefficient (Wildman–Crippen LogP) is -0.767. The largest absolute Gasteiger partial charge is 0.461 e. The summed E-state index contributed by atoms with van der Waals surface area (Å²) in [5.74, 6) is -0.815. The highest BCUT2D eigenvalue weighted by molar-refractivity contribution is 5.93. The molecule has 0 saturated heterocycles. The first-order valence-electron chi connectivity index (χ1n) is 6.50. The number of likely N-dealkylation sites (N-methyl/N-ethyl adjacent to an activating group) is 1. The quantitative estimate of drug-likeness (QED) is 0.495. The van der Waals surface area contributed by atoms with Crippen molar-refractivity contribution in [2.45, 2.75) is 13.8 Å². The van der Waals surface area contributed by atoms with Crippen molar-refractivity contribution >= 4 is 11.7 Å². The number of esters is 1. The molecule has 21 heavy (non-hydrogen) atoms. The summed E-state index contributed by atoms with van der Waals surface area (Å²) < 4.78 is 30.8. The number of rotatable bonds is 8. The average molecular weight is 319 g/mol. The normalized spacial score (nSPS) is 11.0. The minimum Gasteiger partial charge on any atom is -0.461 e. The topological polar surface area (TPSA) is 111 Å². The Hall–Kier alpha value is -1.54. The van der Waals surface area contributed by atoms with Crippen LogP contribution in [-0.2, 0) is 4.74 Å². The first-order chi connectivity index (χ1) is 9.97. The number of nitrogen functional groups attached to an aromatic ring is 1. The van der Waals surface area contributed by atoms with Crippen LogP contribution in [0.15, 0.2) is 18.2 Å². The highest BCUT2D eigenvalue weighted by atomic mass is 35.6. The third kappa shape index (κ3) is 5.76. The molecule has 0 radical (unpaired) electrons. The second-order valence-corrected chi connectivity index (χ2v) is 4.72. The van der Waals surface area contributed by atoms with Gasteiger partial charge in [-0.1, -0.05) is 13.8 Å². The van der Waals surface area contributed by atoms with E-state index >= 15 is 0 Å². The molecule has 0 bridgehead atoms. The van der Waals surface area contributed by atoms with Crippen LogP contribution < -0.4 is 19.3 Å². The maximum absolute atomic E-state index is 11.9. The standard InChI is InChI=1S/C13H19ClN2O5/c1-3-16(4-2)7-8-20-13(17)11-6-5-10(15)9-12(11)21-14(18)19/h5-6,9H,3-4,7-8,15H2,1-2H3. The molecule has 0 heterocycles. The van der Waals surface area contributed by atoms with Gasteiger partial charge in [0, 0.05) is 18.3 Å². The molecule has 1 aromatic carbocycles. The molecule has 0 unspecified atom stereocenters. The third-order valence-electron chi connectivity index (χ3n) is 2.91. The maximum Gasteiger partial charge on any atom is 0.349 e. The van der Waals surface area contributed by atoms with Gasteiger partial charge >= 0.3 is 16.8 Å². The van der Waals surface area contributed by atoms with Crippen molar-refractivity contribution in [1.82, 2.24) is 4.90 Å². The number of anilines is 1. The molecule has 0 amide bonds. The summed E-state index contributed by atoms with van der Waals surface area (Å²) in [6.07, 6.45) is 0. The molecule has 0 aromatic heterocycles. The van der Waals surface area contributed by atoms with Gasteiger partial charge in [-0.15, -0.1) is 4.29 Å². The van der Waals surface area contributed by atoms with Crippen LogP contribution in [0.3, 0.4) is 0 Å². The highest BCUT2D eigenvalue weighted by Gasteiger charge is 2.22. The van der Waals surface area contributed by atoms with E-state index in [4.69, 9.17) is 10.5 Å². The third-order valence-corrected chi connectivity index (χ3v) is 3.20. The number of ether oxygens (including phenoxy) is 1. The monoisotopic (exact) mass is 318 g/mol. The number of hydrogen-bond acceptors (Lipinski definition) is 7. The van der Waals surface area contributed by atoms with E-state index in [1.165, 1.54) is 18.2 Å². The zero-order valence-corrected chi connectivity index (χ0v) is 12.8. The van der Waals surface area contributed by atoms with E-state index in [9.17, 15) is 14.1 Å². The molecule has 0 aliphatic heterocycles. The Kier molecular flexibility index (Phi) is 7.24. The van der Waals surface area contributed by atoms with E-state index in [1.807, 2.05) is 13.8 Å². The molecule has 0 fully saturated rings. The lowest BCUT2D eigenvalue weighted by atomic mass is 10.2. The Bertz CT molecular complexity index is 466. The molecule has 0 saturated carbocycles. The number of nitrogens with two attached hydrogens (primary N) is 1. The van der Waals surface area contributed by atoms with Crippen LogP contribution in [0.4, 0.5) is 5.69 Å². The summed E-state index contributed by atoms with van der Waals surface area (Å²) in [4.78, 5) is 14.0. The second-order valence-electron chi connectivity index (χ2n) is 4.18. The van der Waals surface area contributed by atoms with Crippen LogP contribution in [0.25, 0.3) is 0 Å². The summed E-state index contributed by atoms with van der Waals surface area (Å²) >= 11 is 0. The molecule has 0 aliphatic rings. The van der Waals surface area contributed by atoms with Crippen molar-refractivity contribution in [1.29, 1.82) is 0 Å². The van der Waals surface area contributed by atoms with E-state index in [1.54, 1.807) is 0 Å². The van der Waals surface area contributed by atoms with Gasteiger partial charge in [0.15, 0.2) is 0 Å². The molecule has 1 rings (SSSR count). The Morgan fingerprint density at radius 3 is 2.57 bits per heavy atom. The lowest BCUT2D eigenvalue weighted by Gasteiger charge is -2.17. The lowest BCUT2D eigenvalue weighted by molar-refractivity contribution is -1.62. The van der Waals surface area contributed by atoms with Crippen LogP contribution in [0.1, 0.15) is 24.2 Å². The van der Waals surface area contributed by atoms with E-state index < -0.39 is 16.8 Å². The molecular weight excluding hydrogens is 300 g/mol.